The van der Waals surface area contributed by atoms with Crippen LogP contribution in [-0.2, 0) is 65.4 Å². The topological polar surface area (TPSA) is 237 Å². The third-order valence-corrected chi connectivity index (χ3v) is 20.3. The van der Waals surface area contributed by atoms with Gasteiger partial charge in [-0.25, -0.2) is 9.13 Å². The standard InChI is InChI=1S/C79H154O17P2/c1-8-9-10-11-12-13-14-15-16-17-18-19-23-26-29-32-39-46-53-60-76(81)89-66-74(95-78(83)62-55-48-40-33-30-27-24-21-20-22-25-28-31-36-43-50-57-70(2)3)68-93-97(85,86)91-64-73(80)65-92-98(87,88)94-69-75(96-79(84)63-56-49-42-35-38-45-52-59-72(6)7)67-90-77(82)61-54-47-41-34-37-44-51-58-71(4)5/h70-75,80H,8-69H2,1-7H3,(H,85,86)(H,87,88)/t73-,74-,75-/m1/s1. The van der Waals surface area contributed by atoms with Crippen LogP contribution in [0, 0.1) is 17.8 Å². The van der Waals surface area contributed by atoms with E-state index in [0.29, 0.717) is 37.5 Å². The minimum absolute atomic E-state index is 0.103. The van der Waals surface area contributed by atoms with Gasteiger partial charge in [0, 0.05) is 25.7 Å². The van der Waals surface area contributed by atoms with E-state index in [-0.39, 0.29) is 25.7 Å². The summed E-state index contributed by atoms with van der Waals surface area (Å²) in [6.07, 6.45) is 57.2. The van der Waals surface area contributed by atoms with Crippen molar-refractivity contribution in [1.82, 2.24) is 0 Å². The van der Waals surface area contributed by atoms with Crippen LogP contribution in [0.2, 0.25) is 0 Å². The van der Waals surface area contributed by atoms with Gasteiger partial charge in [0.25, 0.3) is 0 Å². The van der Waals surface area contributed by atoms with E-state index < -0.39 is 97.5 Å². The number of hydrogen-bond acceptors (Lipinski definition) is 15. The molecule has 0 rings (SSSR count). The molecule has 0 bridgehead atoms. The first-order valence-corrected chi connectivity index (χ1v) is 43.8. The molecule has 17 nitrogen and oxygen atoms in total. The number of aliphatic hydroxyl groups is 1. The van der Waals surface area contributed by atoms with Crippen LogP contribution in [-0.4, -0.2) is 96.7 Å². The van der Waals surface area contributed by atoms with Crippen molar-refractivity contribution in [3.63, 3.8) is 0 Å². The molecule has 0 spiro atoms. The lowest BCUT2D eigenvalue weighted by molar-refractivity contribution is -0.161. The molecule has 0 heterocycles. The van der Waals surface area contributed by atoms with E-state index in [1.807, 2.05) is 0 Å². The number of carbonyl (C=O) groups excluding carboxylic acids is 4. The molecule has 0 radical (unpaired) electrons. The number of esters is 4. The van der Waals surface area contributed by atoms with Crippen LogP contribution in [0.4, 0.5) is 0 Å². The second-order valence-corrected chi connectivity index (χ2v) is 32.8. The molecule has 19 heteroatoms. The maximum absolute atomic E-state index is 13.1. The first-order valence-electron chi connectivity index (χ1n) is 40.8. The van der Waals surface area contributed by atoms with Crippen molar-refractivity contribution in [3.8, 4) is 0 Å². The van der Waals surface area contributed by atoms with Crippen molar-refractivity contribution in [1.29, 1.82) is 0 Å². The Morgan fingerprint density at radius 2 is 0.469 bits per heavy atom. The Bertz CT molecular complexity index is 1900. The van der Waals surface area contributed by atoms with E-state index in [2.05, 4.69) is 48.5 Å². The van der Waals surface area contributed by atoms with Gasteiger partial charge in [0.05, 0.1) is 26.4 Å². The highest BCUT2D eigenvalue weighted by atomic mass is 31.2. The maximum atomic E-state index is 13.1. The average Bonchev–Trinajstić information content (AvgIpc) is 0.978. The molecule has 0 fully saturated rings. The second-order valence-electron chi connectivity index (χ2n) is 29.9. The zero-order valence-electron chi connectivity index (χ0n) is 64.3. The Morgan fingerprint density at radius 3 is 0.694 bits per heavy atom. The van der Waals surface area contributed by atoms with Gasteiger partial charge >= 0.3 is 39.5 Å². The second kappa shape index (κ2) is 69.4. The highest BCUT2D eigenvalue weighted by Gasteiger charge is 2.30. The van der Waals surface area contributed by atoms with Crippen LogP contribution in [0.25, 0.3) is 0 Å². The van der Waals surface area contributed by atoms with Gasteiger partial charge < -0.3 is 33.8 Å². The predicted octanol–water partition coefficient (Wildman–Crippen LogP) is 23.4. The fourth-order valence-electron chi connectivity index (χ4n) is 12.1. The molecule has 0 aliphatic carbocycles. The Kier molecular flexibility index (Phi) is 68.1. The van der Waals surface area contributed by atoms with Gasteiger partial charge in [0.15, 0.2) is 12.2 Å². The monoisotopic (exact) mass is 1440 g/mol. The molecule has 582 valence electrons. The van der Waals surface area contributed by atoms with Gasteiger partial charge in [-0.2, -0.15) is 0 Å². The number of carbonyl (C=O) groups is 4. The molecule has 0 saturated carbocycles. The molecule has 0 saturated heterocycles. The molecule has 2 unspecified atom stereocenters. The number of phosphoric acid groups is 2. The normalized spacial score (nSPS) is 14.0. The van der Waals surface area contributed by atoms with Crippen LogP contribution < -0.4 is 0 Å². The number of unbranched alkanes of at least 4 members (excludes halogenated alkanes) is 45. The molecular formula is C79H154O17P2. The lowest BCUT2D eigenvalue weighted by atomic mass is 10.0. The minimum atomic E-state index is -4.96. The fraction of sp³-hybridized carbons (Fsp3) is 0.949. The lowest BCUT2D eigenvalue weighted by Crippen LogP contribution is -2.30. The summed E-state index contributed by atoms with van der Waals surface area (Å²) in [5, 5.41) is 10.6. The quantitative estimate of drug-likeness (QED) is 0.0222. The summed E-state index contributed by atoms with van der Waals surface area (Å²) in [5.74, 6) is 0.0917. The first kappa shape index (κ1) is 96.1. The number of hydrogen-bond donors (Lipinski definition) is 3. The molecule has 3 N–H and O–H groups in total. The van der Waals surface area contributed by atoms with E-state index in [4.69, 9.17) is 37.0 Å². The third-order valence-electron chi connectivity index (χ3n) is 18.4. The summed E-state index contributed by atoms with van der Waals surface area (Å²) in [5.41, 5.74) is 0. The highest BCUT2D eigenvalue weighted by Crippen LogP contribution is 2.45. The number of ether oxygens (including phenoxy) is 4. The summed E-state index contributed by atoms with van der Waals surface area (Å²) in [6.45, 7) is 11.8. The van der Waals surface area contributed by atoms with Crippen LogP contribution in [0.15, 0.2) is 0 Å². The van der Waals surface area contributed by atoms with E-state index in [0.717, 1.165) is 102 Å². The summed E-state index contributed by atoms with van der Waals surface area (Å²) >= 11 is 0. The Balaban J connectivity index is 5.20. The third kappa shape index (κ3) is 72.4. The smallest absolute Gasteiger partial charge is 0.462 e. The largest absolute Gasteiger partial charge is 0.472 e. The zero-order chi connectivity index (χ0) is 72.3. The van der Waals surface area contributed by atoms with Crippen LogP contribution >= 0.6 is 15.6 Å². The predicted molar refractivity (Wildman–Crippen MR) is 400 cm³/mol. The zero-order valence-corrected chi connectivity index (χ0v) is 66.0. The van der Waals surface area contributed by atoms with Crippen molar-refractivity contribution in [3.05, 3.63) is 0 Å². The molecule has 0 aromatic heterocycles. The van der Waals surface area contributed by atoms with Crippen molar-refractivity contribution < 1.29 is 80.2 Å². The van der Waals surface area contributed by atoms with E-state index in [1.165, 1.54) is 212 Å². The van der Waals surface area contributed by atoms with E-state index >= 15 is 0 Å². The number of rotatable bonds is 77. The number of aliphatic hydroxyl groups excluding tert-OH is 1. The van der Waals surface area contributed by atoms with Gasteiger partial charge in [-0.15, -0.1) is 0 Å². The summed E-state index contributed by atoms with van der Waals surface area (Å²) in [7, 11) is -9.91. The number of phosphoric ester groups is 2. The molecule has 98 heavy (non-hydrogen) atoms. The Morgan fingerprint density at radius 1 is 0.276 bits per heavy atom. The Labute approximate surface area is 600 Å². The van der Waals surface area contributed by atoms with Crippen molar-refractivity contribution >= 4 is 39.5 Å². The summed E-state index contributed by atoms with van der Waals surface area (Å²) in [6, 6.07) is 0. The van der Waals surface area contributed by atoms with Crippen molar-refractivity contribution in [2.24, 2.45) is 17.8 Å². The highest BCUT2D eigenvalue weighted by molar-refractivity contribution is 7.47. The van der Waals surface area contributed by atoms with Crippen molar-refractivity contribution in [2.45, 2.75) is 426 Å². The van der Waals surface area contributed by atoms with E-state index in [9.17, 15) is 43.2 Å². The molecule has 0 aliphatic heterocycles. The molecule has 0 aliphatic rings. The SMILES string of the molecule is CCCCCCCCCCCCCCCCCCCCCC(=O)OC[C@H](COP(=O)(O)OC[C@@H](O)COP(=O)(O)OC[C@@H](COC(=O)CCCCCCCCCC(C)C)OC(=O)CCCCCCCCCC(C)C)OC(=O)CCCCCCCCCCCCCCCCCCC(C)C. The summed E-state index contributed by atoms with van der Waals surface area (Å²) in [4.78, 5) is 72.8. The maximum Gasteiger partial charge on any atom is 0.472 e. The molecular weight excluding hydrogens is 1280 g/mol. The lowest BCUT2D eigenvalue weighted by Gasteiger charge is -2.21. The first-order chi connectivity index (χ1) is 47.2. The summed E-state index contributed by atoms with van der Waals surface area (Å²) < 4.78 is 68.6. The minimum Gasteiger partial charge on any atom is -0.462 e. The van der Waals surface area contributed by atoms with Gasteiger partial charge in [-0.1, -0.05) is 357 Å². The average molecular weight is 1440 g/mol. The molecule has 0 aromatic carbocycles. The molecule has 5 atom stereocenters. The van der Waals surface area contributed by atoms with Gasteiger partial charge in [-0.05, 0) is 43.4 Å². The molecule has 0 amide bonds. The van der Waals surface area contributed by atoms with Gasteiger partial charge in [0.1, 0.15) is 19.3 Å². The van der Waals surface area contributed by atoms with Crippen LogP contribution in [0.1, 0.15) is 408 Å². The fourth-order valence-corrected chi connectivity index (χ4v) is 13.7. The molecule has 0 aromatic rings. The Hall–Kier alpha value is -1.94. The van der Waals surface area contributed by atoms with Gasteiger partial charge in [0.2, 0.25) is 0 Å². The van der Waals surface area contributed by atoms with E-state index in [1.54, 1.807) is 0 Å². The van der Waals surface area contributed by atoms with Crippen LogP contribution in [0.5, 0.6) is 0 Å². The van der Waals surface area contributed by atoms with Crippen LogP contribution in [0.3, 0.4) is 0 Å². The van der Waals surface area contributed by atoms with Gasteiger partial charge in [-0.3, -0.25) is 37.3 Å². The van der Waals surface area contributed by atoms with Crippen molar-refractivity contribution in [2.75, 3.05) is 39.6 Å².